The van der Waals surface area contributed by atoms with Crippen LogP contribution in [0.25, 0.3) is 0 Å². The van der Waals surface area contributed by atoms with E-state index in [0.717, 1.165) is 19.3 Å². The van der Waals surface area contributed by atoms with Gasteiger partial charge in [0.1, 0.15) is 17.1 Å². The summed E-state index contributed by atoms with van der Waals surface area (Å²) in [5, 5.41) is 12.5. The number of esters is 1. The van der Waals surface area contributed by atoms with Crippen LogP contribution in [0.1, 0.15) is 42.5 Å². The molecule has 0 aromatic heterocycles. The molecule has 2 rings (SSSR count). The zero-order chi connectivity index (χ0) is 17.4. The van der Waals surface area contributed by atoms with E-state index in [1.807, 2.05) is 0 Å². The SMILES string of the molecule is COc1ccc(C(=O)OCC(=O)NCCC2=CCCCC2)c(O)c1. The highest BCUT2D eigenvalue weighted by molar-refractivity contribution is 5.94. The predicted octanol–water partition coefficient (Wildman–Crippen LogP) is 2.56. The molecule has 1 aliphatic rings. The molecule has 1 amide bonds. The van der Waals surface area contributed by atoms with E-state index in [1.165, 1.54) is 43.7 Å². The van der Waals surface area contributed by atoms with Crippen molar-refractivity contribution in [3.63, 3.8) is 0 Å². The zero-order valence-electron chi connectivity index (χ0n) is 13.8. The first-order valence-corrected chi connectivity index (χ1v) is 8.09. The van der Waals surface area contributed by atoms with Crippen LogP contribution in [0.4, 0.5) is 0 Å². The largest absolute Gasteiger partial charge is 0.507 e. The topological polar surface area (TPSA) is 84.9 Å². The molecule has 24 heavy (non-hydrogen) atoms. The normalized spacial score (nSPS) is 13.8. The molecule has 1 aromatic carbocycles. The van der Waals surface area contributed by atoms with E-state index in [4.69, 9.17) is 9.47 Å². The maximum absolute atomic E-state index is 11.9. The number of phenols is 1. The fourth-order valence-corrected chi connectivity index (χ4v) is 2.57. The Morgan fingerprint density at radius 3 is 2.79 bits per heavy atom. The van der Waals surface area contributed by atoms with Gasteiger partial charge in [0.05, 0.1) is 7.11 Å². The lowest BCUT2D eigenvalue weighted by Gasteiger charge is -2.13. The van der Waals surface area contributed by atoms with Gasteiger partial charge in [-0.1, -0.05) is 11.6 Å². The maximum atomic E-state index is 11.9. The first-order chi connectivity index (χ1) is 11.6. The zero-order valence-corrected chi connectivity index (χ0v) is 13.8. The van der Waals surface area contributed by atoms with Crippen molar-refractivity contribution in [3.05, 3.63) is 35.4 Å². The number of allylic oxidation sites excluding steroid dienone is 1. The van der Waals surface area contributed by atoms with Crippen LogP contribution < -0.4 is 10.1 Å². The molecule has 6 heteroatoms. The summed E-state index contributed by atoms with van der Waals surface area (Å²) in [4.78, 5) is 23.6. The second kappa shape index (κ2) is 8.96. The van der Waals surface area contributed by atoms with Gasteiger partial charge in [0.25, 0.3) is 5.91 Å². The van der Waals surface area contributed by atoms with Crippen molar-refractivity contribution in [2.45, 2.75) is 32.1 Å². The molecule has 0 atom stereocenters. The molecule has 0 saturated carbocycles. The lowest BCUT2D eigenvalue weighted by molar-refractivity contribution is -0.124. The van der Waals surface area contributed by atoms with Crippen molar-refractivity contribution in [1.29, 1.82) is 0 Å². The standard InChI is InChI=1S/C18H23NO5/c1-23-14-7-8-15(16(20)11-14)18(22)24-12-17(21)19-10-9-13-5-3-2-4-6-13/h5,7-8,11,20H,2-4,6,9-10,12H2,1H3,(H,19,21). The Morgan fingerprint density at radius 1 is 1.29 bits per heavy atom. The van der Waals surface area contributed by atoms with Crippen molar-refractivity contribution in [3.8, 4) is 11.5 Å². The van der Waals surface area contributed by atoms with Crippen LogP contribution >= 0.6 is 0 Å². The van der Waals surface area contributed by atoms with Gasteiger partial charge in [-0.3, -0.25) is 4.79 Å². The fraction of sp³-hybridized carbons (Fsp3) is 0.444. The highest BCUT2D eigenvalue weighted by atomic mass is 16.5. The van der Waals surface area contributed by atoms with Gasteiger partial charge in [0.15, 0.2) is 6.61 Å². The molecule has 0 unspecified atom stereocenters. The summed E-state index contributed by atoms with van der Waals surface area (Å²) in [7, 11) is 1.46. The Morgan fingerprint density at radius 2 is 2.12 bits per heavy atom. The minimum Gasteiger partial charge on any atom is -0.507 e. The summed E-state index contributed by atoms with van der Waals surface area (Å²) in [5.41, 5.74) is 1.37. The number of carbonyl (C=O) groups excluding carboxylic acids is 2. The van der Waals surface area contributed by atoms with Crippen molar-refractivity contribution in [2.24, 2.45) is 0 Å². The lowest BCUT2D eigenvalue weighted by atomic mass is 9.97. The number of benzene rings is 1. The monoisotopic (exact) mass is 333 g/mol. The predicted molar refractivity (Wildman–Crippen MR) is 89.1 cm³/mol. The summed E-state index contributed by atoms with van der Waals surface area (Å²) in [6.45, 7) is 0.166. The third kappa shape index (κ3) is 5.30. The molecule has 1 aromatic rings. The fourth-order valence-electron chi connectivity index (χ4n) is 2.57. The number of nitrogens with one attached hydrogen (secondary N) is 1. The number of hydrogen-bond donors (Lipinski definition) is 2. The minimum atomic E-state index is -0.750. The summed E-state index contributed by atoms with van der Waals surface area (Å²) < 4.78 is 9.86. The molecule has 0 radical (unpaired) electrons. The van der Waals surface area contributed by atoms with Gasteiger partial charge < -0.3 is 19.9 Å². The molecule has 130 valence electrons. The number of phenolic OH excluding ortho intramolecular Hbond substituents is 1. The van der Waals surface area contributed by atoms with Crippen LogP contribution in [0.15, 0.2) is 29.8 Å². The number of methoxy groups -OCH3 is 1. The lowest BCUT2D eigenvalue weighted by Crippen LogP contribution is -2.29. The highest BCUT2D eigenvalue weighted by Gasteiger charge is 2.15. The number of hydrogen-bond acceptors (Lipinski definition) is 5. The Hall–Kier alpha value is -2.50. The molecule has 2 N–H and O–H groups in total. The van der Waals surface area contributed by atoms with E-state index >= 15 is 0 Å². The van der Waals surface area contributed by atoms with Crippen LogP contribution in [0, 0.1) is 0 Å². The second-order valence-corrected chi connectivity index (χ2v) is 5.67. The number of carbonyl (C=O) groups is 2. The number of ether oxygens (including phenoxy) is 2. The average molecular weight is 333 g/mol. The Labute approximate surface area is 141 Å². The van der Waals surface area contributed by atoms with Gasteiger partial charge in [-0.05, 0) is 44.2 Å². The molecular formula is C18H23NO5. The van der Waals surface area contributed by atoms with E-state index in [0.29, 0.717) is 12.3 Å². The first kappa shape index (κ1) is 17.8. The van der Waals surface area contributed by atoms with E-state index in [2.05, 4.69) is 11.4 Å². The van der Waals surface area contributed by atoms with Crippen molar-refractivity contribution < 1.29 is 24.2 Å². The molecule has 0 heterocycles. The van der Waals surface area contributed by atoms with Crippen LogP contribution in [0.2, 0.25) is 0 Å². The van der Waals surface area contributed by atoms with E-state index in [1.54, 1.807) is 0 Å². The molecular weight excluding hydrogens is 310 g/mol. The van der Waals surface area contributed by atoms with Gasteiger partial charge in [-0.2, -0.15) is 0 Å². The average Bonchev–Trinajstić information content (AvgIpc) is 2.60. The van der Waals surface area contributed by atoms with Crippen molar-refractivity contribution >= 4 is 11.9 Å². The summed E-state index contributed by atoms with van der Waals surface area (Å²) >= 11 is 0. The summed E-state index contributed by atoms with van der Waals surface area (Å²) in [5.74, 6) is -0.921. The quantitative estimate of drug-likeness (QED) is 0.592. The van der Waals surface area contributed by atoms with Gasteiger partial charge in [-0.15, -0.1) is 0 Å². The molecule has 0 fully saturated rings. The van der Waals surface area contributed by atoms with Crippen molar-refractivity contribution in [2.75, 3.05) is 20.3 Å². The summed E-state index contributed by atoms with van der Waals surface area (Å²) in [6, 6.07) is 4.24. The Balaban J connectivity index is 1.72. The highest BCUT2D eigenvalue weighted by Crippen LogP contribution is 2.24. The van der Waals surface area contributed by atoms with E-state index in [9.17, 15) is 14.7 Å². The molecule has 6 nitrogen and oxygen atoms in total. The smallest absolute Gasteiger partial charge is 0.342 e. The number of aromatic hydroxyl groups is 1. The molecule has 0 aliphatic heterocycles. The van der Waals surface area contributed by atoms with E-state index < -0.39 is 5.97 Å². The molecule has 0 spiro atoms. The summed E-state index contributed by atoms with van der Waals surface area (Å²) in [6.07, 6.45) is 7.74. The number of rotatable bonds is 7. The third-order valence-electron chi connectivity index (χ3n) is 3.91. The maximum Gasteiger partial charge on any atom is 0.342 e. The molecule has 0 saturated heterocycles. The Bertz CT molecular complexity index is 624. The van der Waals surface area contributed by atoms with Crippen molar-refractivity contribution in [1.82, 2.24) is 5.32 Å². The number of amides is 1. The minimum absolute atomic E-state index is 0.00374. The van der Waals surface area contributed by atoms with Gasteiger partial charge in [0, 0.05) is 12.6 Å². The van der Waals surface area contributed by atoms with Crippen LogP contribution in [0.3, 0.4) is 0 Å². The van der Waals surface area contributed by atoms with Gasteiger partial charge in [-0.25, -0.2) is 4.79 Å². The van der Waals surface area contributed by atoms with Crippen LogP contribution in [0.5, 0.6) is 11.5 Å². The molecule has 0 bridgehead atoms. The molecule has 1 aliphatic carbocycles. The van der Waals surface area contributed by atoms with Gasteiger partial charge in [0.2, 0.25) is 0 Å². The van der Waals surface area contributed by atoms with E-state index in [-0.39, 0.29) is 23.8 Å². The Kier molecular flexibility index (Phi) is 6.66. The first-order valence-electron chi connectivity index (χ1n) is 8.09. The van der Waals surface area contributed by atoms with Crippen LogP contribution in [-0.4, -0.2) is 37.2 Å². The second-order valence-electron chi connectivity index (χ2n) is 5.67. The third-order valence-corrected chi connectivity index (χ3v) is 3.91. The van der Waals surface area contributed by atoms with Crippen LogP contribution in [-0.2, 0) is 9.53 Å². The van der Waals surface area contributed by atoms with Gasteiger partial charge >= 0.3 is 5.97 Å².